The largest absolute Gasteiger partial charge is 0.496 e. The standard InChI is InChI=1S/C35H38BrN3O3/c1-24-15-16-25-21-31-33(40)39(22-26-20-28(36)17-18-32(26)42-2)35(23-38(31)30(25)19-24,27-11-7-6-8-12-27)34(41)37-29-13-9-4-3-5-10-14-29/h6-8,11-12,15-21,29H,3-5,9-10,13-14,22-23H2,1-2H3,(H,37,41)/t35-/m0/s1. The van der Waals surface area contributed by atoms with Gasteiger partial charge in [0.05, 0.1) is 20.2 Å². The molecule has 42 heavy (non-hydrogen) atoms. The van der Waals surface area contributed by atoms with Gasteiger partial charge in [-0.1, -0.05) is 90.5 Å². The molecule has 2 amide bonds. The van der Waals surface area contributed by atoms with E-state index in [1.54, 1.807) is 12.0 Å². The van der Waals surface area contributed by atoms with Gasteiger partial charge in [-0.15, -0.1) is 0 Å². The number of methoxy groups -OCH3 is 1. The third-order valence-corrected chi connectivity index (χ3v) is 9.50. The van der Waals surface area contributed by atoms with E-state index in [0.717, 1.165) is 57.7 Å². The van der Waals surface area contributed by atoms with E-state index in [9.17, 15) is 9.59 Å². The highest BCUT2D eigenvalue weighted by molar-refractivity contribution is 9.10. The second-order valence-corrected chi connectivity index (χ2v) is 12.7. The maximum atomic E-state index is 14.9. The number of amides is 2. The molecule has 1 atom stereocenters. The summed E-state index contributed by atoms with van der Waals surface area (Å²) in [6.45, 7) is 2.59. The quantitative estimate of drug-likeness (QED) is 0.241. The van der Waals surface area contributed by atoms with Crippen molar-refractivity contribution in [2.24, 2.45) is 0 Å². The van der Waals surface area contributed by atoms with Crippen LogP contribution in [0.4, 0.5) is 0 Å². The zero-order valence-corrected chi connectivity index (χ0v) is 26.0. The van der Waals surface area contributed by atoms with Gasteiger partial charge < -0.3 is 19.5 Å². The Kier molecular flexibility index (Phi) is 8.13. The molecule has 3 aromatic carbocycles. The summed E-state index contributed by atoms with van der Waals surface area (Å²) in [5, 5.41) is 4.46. The van der Waals surface area contributed by atoms with Crippen molar-refractivity contribution in [1.29, 1.82) is 0 Å². The second-order valence-electron chi connectivity index (χ2n) is 11.8. The van der Waals surface area contributed by atoms with E-state index < -0.39 is 5.54 Å². The topological polar surface area (TPSA) is 63.6 Å². The lowest BCUT2D eigenvalue weighted by molar-refractivity contribution is -0.136. The molecule has 0 saturated heterocycles. The number of aryl methyl sites for hydroxylation is 1. The number of fused-ring (bicyclic) bond motifs is 3. The van der Waals surface area contributed by atoms with Crippen molar-refractivity contribution in [3.05, 3.63) is 99.7 Å². The van der Waals surface area contributed by atoms with Gasteiger partial charge in [-0.25, -0.2) is 0 Å². The zero-order chi connectivity index (χ0) is 29.3. The number of carbonyl (C=O) groups excluding carboxylic acids is 2. The first-order chi connectivity index (χ1) is 20.4. The summed E-state index contributed by atoms with van der Waals surface area (Å²) in [5.41, 5.74) is 3.04. The van der Waals surface area contributed by atoms with Crippen LogP contribution in [0.1, 0.15) is 72.1 Å². The Balaban J connectivity index is 1.54. The minimum Gasteiger partial charge on any atom is -0.496 e. The fraction of sp³-hybridized carbons (Fsp3) is 0.371. The lowest BCUT2D eigenvalue weighted by Crippen LogP contribution is -2.64. The van der Waals surface area contributed by atoms with Crippen molar-refractivity contribution >= 4 is 38.6 Å². The molecular weight excluding hydrogens is 590 g/mol. The number of aromatic nitrogens is 1. The van der Waals surface area contributed by atoms with Crippen LogP contribution in [0, 0.1) is 6.92 Å². The van der Waals surface area contributed by atoms with Crippen LogP contribution < -0.4 is 10.1 Å². The zero-order valence-electron chi connectivity index (χ0n) is 24.4. The smallest absolute Gasteiger partial charge is 0.272 e. The summed E-state index contributed by atoms with van der Waals surface area (Å²) in [7, 11) is 1.64. The summed E-state index contributed by atoms with van der Waals surface area (Å²) in [4.78, 5) is 31.4. The molecule has 7 heteroatoms. The van der Waals surface area contributed by atoms with E-state index in [1.807, 2.05) is 54.6 Å². The van der Waals surface area contributed by atoms with Gasteiger partial charge in [0.25, 0.3) is 11.8 Å². The van der Waals surface area contributed by atoms with Crippen molar-refractivity contribution in [2.75, 3.05) is 7.11 Å². The molecule has 218 valence electrons. The van der Waals surface area contributed by atoms with E-state index in [-0.39, 0.29) is 24.4 Å². The lowest BCUT2D eigenvalue weighted by Gasteiger charge is -2.47. The number of rotatable bonds is 6. The Morgan fingerprint density at radius 1 is 0.976 bits per heavy atom. The first kappa shape index (κ1) is 28.5. The van der Waals surface area contributed by atoms with Crippen molar-refractivity contribution in [1.82, 2.24) is 14.8 Å². The summed E-state index contributed by atoms with van der Waals surface area (Å²) in [6.07, 6.45) is 7.78. The number of benzene rings is 3. The highest BCUT2D eigenvalue weighted by atomic mass is 79.9. The van der Waals surface area contributed by atoms with Crippen molar-refractivity contribution < 1.29 is 14.3 Å². The van der Waals surface area contributed by atoms with Gasteiger partial charge in [-0.3, -0.25) is 9.59 Å². The average molecular weight is 629 g/mol. The number of hydrogen-bond acceptors (Lipinski definition) is 3. The number of nitrogens with one attached hydrogen (secondary N) is 1. The molecule has 1 N–H and O–H groups in total. The van der Waals surface area contributed by atoms with Gasteiger partial charge >= 0.3 is 0 Å². The minimum atomic E-state index is -1.27. The summed E-state index contributed by atoms with van der Waals surface area (Å²) in [6, 6.07) is 23.9. The molecule has 6 rings (SSSR count). The normalized spacial score (nSPS) is 19.7. The SMILES string of the molecule is COc1ccc(Br)cc1CN1C(=O)c2cc3ccc(C)cc3n2C[C@@]1(C(=O)NC1CCCCCCC1)c1ccccc1. The molecule has 0 unspecified atom stereocenters. The van der Waals surface area contributed by atoms with Crippen molar-refractivity contribution in [3.63, 3.8) is 0 Å². The van der Waals surface area contributed by atoms with Gasteiger partial charge in [0.1, 0.15) is 11.4 Å². The van der Waals surface area contributed by atoms with E-state index >= 15 is 0 Å². The predicted octanol–water partition coefficient (Wildman–Crippen LogP) is 7.50. The Bertz CT molecular complexity index is 1610. The molecule has 6 nitrogen and oxygen atoms in total. The van der Waals surface area contributed by atoms with Gasteiger partial charge in [-0.2, -0.15) is 0 Å². The Morgan fingerprint density at radius 3 is 2.45 bits per heavy atom. The molecule has 1 aliphatic carbocycles. The highest BCUT2D eigenvalue weighted by Gasteiger charge is 2.53. The van der Waals surface area contributed by atoms with Gasteiger partial charge in [0.2, 0.25) is 0 Å². The Morgan fingerprint density at radius 2 is 1.71 bits per heavy atom. The minimum absolute atomic E-state index is 0.0841. The molecule has 1 fully saturated rings. The average Bonchev–Trinajstić information content (AvgIpc) is 3.34. The van der Waals surface area contributed by atoms with Gasteiger partial charge in [0.15, 0.2) is 5.54 Å². The maximum absolute atomic E-state index is 14.9. The first-order valence-electron chi connectivity index (χ1n) is 15.0. The van der Waals surface area contributed by atoms with Gasteiger partial charge in [0, 0.05) is 27.0 Å². The predicted molar refractivity (Wildman–Crippen MR) is 170 cm³/mol. The molecular formula is C35H38BrN3O3. The van der Waals surface area contributed by atoms with Crippen LogP contribution in [0.3, 0.4) is 0 Å². The van der Waals surface area contributed by atoms with Crippen LogP contribution >= 0.6 is 15.9 Å². The molecule has 0 bridgehead atoms. The monoisotopic (exact) mass is 627 g/mol. The fourth-order valence-electron chi connectivity index (χ4n) is 6.78. The fourth-order valence-corrected chi connectivity index (χ4v) is 7.19. The van der Waals surface area contributed by atoms with Crippen LogP contribution in [0.25, 0.3) is 10.9 Å². The number of halogens is 1. The van der Waals surface area contributed by atoms with Crippen molar-refractivity contribution in [3.8, 4) is 5.75 Å². The van der Waals surface area contributed by atoms with Crippen LogP contribution in [0.15, 0.2) is 77.3 Å². The van der Waals surface area contributed by atoms with E-state index in [0.29, 0.717) is 18.0 Å². The summed E-state index contributed by atoms with van der Waals surface area (Å²) < 4.78 is 8.67. The van der Waals surface area contributed by atoms with Crippen LogP contribution in [-0.2, 0) is 23.4 Å². The van der Waals surface area contributed by atoms with E-state index in [4.69, 9.17) is 4.74 Å². The number of nitrogens with zero attached hydrogens (tertiary/aromatic N) is 2. The summed E-state index contributed by atoms with van der Waals surface area (Å²) >= 11 is 3.60. The number of hydrogen-bond donors (Lipinski definition) is 1. The third kappa shape index (κ3) is 5.24. The molecule has 2 aliphatic rings. The van der Waals surface area contributed by atoms with E-state index in [1.165, 1.54) is 19.3 Å². The van der Waals surface area contributed by atoms with Crippen LogP contribution in [-0.4, -0.2) is 34.4 Å². The highest BCUT2D eigenvalue weighted by Crippen LogP contribution is 2.41. The number of ether oxygens (including phenoxy) is 1. The van der Waals surface area contributed by atoms with Crippen LogP contribution in [0.2, 0.25) is 0 Å². The molecule has 4 aromatic rings. The van der Waals surface area contributed by atoms with E-state index in [2.05, 4.69) is 50.9 Å². The molecule has 2 heterocycles. The third-order valence-electron chi connectivity index (χ3n) is 9.01. The van der Waals surface area contributed by atoms with Gasteiger partial charge in [-0.05, 0) is 61.2 Å². The molecule has 1 saturated carbocycles. The Hall–Kier alpha value is -3.58. The number of carbonyl (C=O) groups is 2. The molecule has 0 spiro atoms. The lowest BCUT2D eigenvalue weighted by atomic mass is 9.83. The molecule has 1 aliphatic heterocycles. The molecule has 0 radical (unpaired) electrons. The summed E-state index contributed by atoms with van der Waals surface area (Å²) in [5.74, 6) is 0.380. The second kappa shape index (κ2) is 12.0. The Labute approximate surface area is 256 Å². The molecule has 1 aromatic heterocycles. The first-order valence-corrected chi connectivity index (χ1v) is 15.8. The van der Waals surface area contributed by atoms with Crippen molar-refractivity contribution in [2.45, 2.75) is 76.5 Å². The maximum Gasteiger partial charge on any atom is 0.272 e. The van der Waals surface area contributed by atoms with Crippen LogP contribution in [0.5, 0.6) is 5.75 Å².